The summed E-state index contributed by atoms with van der Waals surface area (Å²) in [6.07, 6.45) is 4.18. The molecule has 1 amide bonds. The Balaban J connectivity index is 1.65. The van der Waals surface area contributed by atoms with Crippen molar-refractivity contribution in [3.05, 3.63) is 42.2 Å². The van der Waals surface area contributed by atoms with Crippen molar-refractivity contribution >= 4 is 16.7 Å². The Morgan fingerprint density at radius 3 is 3.05 bits per heavy atom. The molecule has 4 heteroatoms. The predicted molar refractivity (Wildman–Crippen MR) is 82.2 cm³/mol. The molecule has 108 valence electrons. The molecule has 3 heterocycles. The monoisotopic (exact) mass is 281 g/mol. The lowest BCUT2D eigenvalue weighted by Crippen LogP contribution is -2.41. The molecular formula is C17H19N3O. The fourth-order valence-electron chi connectivity index (χ4n) is 3.65. The van der Waals surface area contributed by atoms with Crippen LogP contribution in [0.25, 0.3) is 10.8 Å². The predicted octanol–water partition coefficient (Wildman–Crippen LogP) is 2.06. The third kappa shape index (κ3) is 2.20. The van der Waals surface area contributed by atoms with Gasteiger partial charge in [-0.2, -0.15) is 0 Å². The Hall–Kier alpha value is -1.94. The number of aromatic nitrogens is 1. The molecule has 4 rings (SSSR count). The molecule has 2 aliphatic heterocycles. The molecular weight excluding hydrogens is 262 g/mol. The summed E-state index contributed by atoms with van der Waals surface area (Å²) < 4.78 is 0. The summed E-state index contributed by atoms with van der Waals surface area (Å²) in [5, 5.41) is 5.57. The van der Waals surface area contributed by atoms with Crippen LogP contribution in [0.3, 0.4) is 0 Å². The molecule has 2 aliphatic rings. The molecule has 2 saturated heterocycles. The fourth-order valence-corrected chi connectivity index (χ4v) is 3.65. The molecule has 1 N–H and O–H groups in total. The number of carbonyl (C=O) groups excluding carboxylic acids is 1. The van der Waals surface area contributed by atoms with E-state index >= 15 is 0 Å². The van der Waals surface area contributed by atoms with Crippen molar-refractivity contribution in [3.8, 4) is 0 Å². The lowest BCUT2D eigenvalue weighted by molar-refractivity contribution is 0.0782. The smallest absolute Gasteiger partial charge is 0.273 e. The SMILES string of the molecule is O=C(c1nccc2ccccc12)N1CC2CCCNC2C1. The molecule has 0 bridgehead atoms. The van der Waals surface area contributed by atoms with Crippen LogP contribution in [0.2, 0.25) is 0 Å². The van der Waals surface area contributed by atoms with Crippen molar-refractivity contribution in [3.63, 3.8) is 0 Å². The second-order valence-corrected chi connectivity index (χ2v) is 6.05. The van der Waals surface area contributed by atoms with Gasteiger partial charge in [0.15, 0.2) is 0 Å². The minimum absolute atomic E-state index is 0.0722. The standard InChI is InChI=1S/C17H19N3O/c21-17(20-10-13-5-3-8-18-15(13)11-20)16-14-6-2-1-4-12(14)7-9-19-16/h1-2,4,6-7,9,13,15,18H,3,5,8,10-11H2. The largest absolute Gasteiger partial charge is 0.335 e. The van der Waals surface area contributed by atoms with Crippen LogP contribution in [-0.2, 0) is 0 Å². The first-order chi connectivity index (χ1) is 10.3. The van der Waals surface area contributed by atoms with Crippen LogP contribution in [0, 0.1) is 5.92 Å². The number of piperidine rings is 1. The summed E-state index contributed by atoms with van der Waals surface area (Å²) in [5.74, 6) is 0.681. The molecule has 1 aromatic carbocycles. The Bertz CT molecular complexity index is 665. The Labute approximate surface area is 124 Å². The average molecular weight is 281 g/mol. The topological polar surface area (TPSA) is 45.2 Å². The van der Waals surface area contributed by atoms with Gasteiger partial charge >= 0.3 is 0 Å². The summed E-state index contributed by atoms with van der Waals surface area (Å²) in [6, 6.07) is 10.4. The van der Waals surface area contributed by atoms with Gasteiger partial charge in [0.05, 0.1) is 0 Å². The number of hydrogen-bond donors (Lipinski definition) is 1. The molecule has 0 saturated carbocycles. The number of likely N-dealkylation sites (tertiary alicyclic amines) is 1. The van der Waals surface area contributed by atoms with Gasteiger partial charge in [0.25, 0.3) is 5.91 Å². The van der Waals surface area contributed by atoms with E-state index in [0.717, 1.165) is 30.4 Å². The van der Waals surface area contributed by atoms with E-state index in [9.17, 15) is 4.79 Å². The number of pyridine rings is 1. The van der Waals surface area contributed by atoms with Crippen LogP contribution in [0.1, 0.15) is 23.3 Å². The van der Waals surface area contributed by atoms with E-state index in [0.29, 0.717) is 17.7 Å². The van der Waals surface area contributed by atoms with E-state index in [1.807, 2.05) is 35.2 Å². The highest BCUT2D eigenvalue weighted by Crippen LogP contribution is 2.27. The van der Waals surface area contributed by atoms with Crippen molar-refractivity contribution in [2.24, 2.45) is 5.92 Å². The first kappa shape index (κ1) is 12.8. The summed E-state index contributed by atoms with van der Waals surface area (Å²) in [5.41, 5.74) is 0.590. The lowest BCUT2D eigenvalue weighted by atomic mass is 9.94. The number of amides is 1. The maximum absolute atomic E-state index is 12.8. The first-order valence-corrected chi connectivity index (χ1v) is 7.69. The second kappa shape index (κ2) is 5.11. The number of fused-ring (bicyclic) bond motifs is 2. The van der Waals surface area contributed by atoms with E-state index in [4.69, 9.17) is 0 Å². The number of carbonyl (C=O) groups is 1. The van der Waals surface area contributed by atoms with Gasteiger partial charge in [-0.1, -0.05) is 24.3 Å². The van der Waals surface area contributed by atoms with Gasteiger partial charge in [0.1, 0.15) is 5.69 Å². The number of hydrogen-bond acceptors (Lipinski definition) is 3. The van der Waals surface area contributed by atoms with E-state index in [2.05, 4.69) is 10.3 Å². The van der Waals surface area contributed by atoms with E-state index in [1.165, 1.54) is 12.8 Å². The summed E-state index contributed by atoms with van der Waals surface area (Å²) >= 11 is 0. The highest BCUT2D eigenvalue weighted by atomic mass is 16.2. The molecule has 4 nitrogen and oxygen atoms in total. The van der Waals surface area contributed by atoms with Crippen molar-refractivity contribution in [1.82, 2.24) is 15.2 Å². The summed E-state index contributed by atoms with van der Waals surface area (Å²) in [4.78, 5) is 19.2. The molecule has 1 aromatic heterocycles. The van der Waals surface area contributed by atoms with Gasteiger partial charge in [-0.05, 0) is 36.8 Å². The van der Waals surface area contributed by atoms with Gasteiger partial charge in [-0.15, -0.1) is 0 Å². The lowest BCUT2D eigenvalue weighted by Gasteiger charge is -2.24. The summed E-state index contributed by atoms with van der Waals surface area (Å²) in [6.45, 7) is 2.76. The Morgan fingerprint density at radius 1 is 1.24 bits per heavy atom. The first-order valence-electron chi connectivity index (χ1n) is 7.69. The van der Waals surface area contributed by atoms with Gasteiger partial charge in [-0.3, -0.25) is 9.78 Å². The second-order valence-electron chi connectivity index (χ2n) is 6.05. The van der Waals surface area contributed by atoms with Crippen molar-refractivity contribution in [2.75, 3.05) is 19.6 Å². The third-order valence-corrected chi connectivity index (χ3v) is 4.76. The average Bonchev–Trinajstić information content (AvgIpc) is 2.97. The van der Waals surface area contributed by atoms with Crippen LogP contribution < -0.4 is 5.32 Å². The van der Waals surface area contributed by atoms with Crippen LogP contribution in [-0.4, -0.2) is 41.5 Å². The van der Waals surface area contributed by atoms with E-state index < -0.39 is 0 Å². The number of benzene rings is 1. The van der Waals surface area contributed by atoms with Crippen LogP contribution >= 0.6 is 0 Å². The van der Waals surface area contributed by atoms with Crippen molar-refractivity contribution < 1.29 is 4.79 Å². The zero-order valence-corrected chi connectivity index (χ0v) is 12.0. The third-order valence-electron chi connectivity index (χ3n) is 4.76. The molecule has 0 aliphatic carbocycles. The molecule has 0 spiro atoms. The van der Waals surface area contributed by atoms with E-state index in [-0.39, 0.29) is 5.91 Å². The normalized spacial score (nSPS) is 25.0. The maximum atomic E-state index is 12.8. The minimum Gasteiger partial charge on any atom is -0.335 e. The fraction of sp³-hybridized carbons (Fsp3) is 0.412. The highest BCUT2D eigenvalue weighted by Gasteiger charge is 2.37. The van der Waals surface area contributed by atoms with Crippen molar-refractivity contribution in [1.29, 1.82) is 0 Å². The van der Waals surface area contributed by atoms with E-state index in [1.54, 1.807) is 6.20 Å². The highest BCUT2D eigenvalue weighted by molar-refractivity contribution is 6.05. The molecule has 2 aromatic rings. The molecule has 2 atom stereocenters. The Morgan fingerprint density at radius 2 is 2.14 bits per heavy atom. The number of nitrogens with zero attached hydrogens (tertiary/aromatic N) is 2. The quantitative estimate of drug-likeness (QED) is 0.870. The molecule has 21 heavy (non-hydrogen) atoms. The number of nitrogens with one attached hydrogen (secondary N) is 1. The molecule has 2 fully saturated rings. The van der Waals surface area contributed by atoms with Crippen LogP contribution in [0.4, 0.5) is 0 Å². The van der Waals surface area contributed by atoms with Crippen LogP contribution in [0.15, 0.2) is 36.5 Å². The van der Waals surface area contributed by atoms with Crippen LogP contribution in [0.5, 0.6) is 0 Å². The van der Waals surface area contributed by atoms with Crippen molar-refractivity contribution in [2.45, 2.75) is 18.9 Å². The summed E-state index contributed by atoms with van der Waals surface area (Å²) in [7, 11) is 0. The molecule has 0 radical (unpaired) electrons. The number of rotatable bonds is 1. The zero-order valence-electron chi connectivity index (χ0n) is 12.0. The maximum Gasteiger partial charge on any atom is 0.273 e. The van der Waals surface area contributed by atoms with Gasteiger partial charge < -0.3 is 10.2 Å². The van der Waals surface area contributed by atoms with Gasteiger partial charge in [0, 0.05) is 30.7 Å². The molecule has 2 unspecified atom stereocenters. The zero-order chi connectivity index (χ0) is 14.2. The minimum atomic E-state index is 0.0722. The van der Waals surface area contributed by atoms with Gasteiger partial charge in [0.2, 0.25) is 0 Å². The van der Waals surface area contributed by atoms with Gasteiger partial charge in [-0.25, -0.2) is 0 Å². The Kier molecular flexibility index (Phi) is 3.11.